The Balaban J connectivity index is 2.13. The molecular formula is C12H12Cl2N2OS. The number of benzene rings is 1. The summed E-state index contributed by atoms with van der Waals surface area (Å²) in [4.78, 5) is 6.88. The fourth-order valence-electron chi connectivity index (χ4n) is 1.56. The number of thiazole rings is 1. The number of hydrogen-bond acceptors (Lipinski definition) is 4. The van der Waals surface area contributed by atoms with Crippen molar-refractivity contribution < 1.29 is 5.11 Å². The molecule has 1 N–H and O–H groups in total. The van der Waals surface area contributed by atoms with E-state index in [0.29, 0.717) is 21.6 Å². The van der Waals surface area contributed by atoms with Gasteiger partial charge in [-0.05, 0) is 17.7 Å². The van der Waals surface area contributed by atoms with E-state index in [0.717, 1.165) is 10.7 Å². The summed E-state index contributed by atoms with van der Waals surface area (Å²) < 4.78 is 0. The minimum absolute atomic E-state index is 0.0818. The van der Waals surface area contributed by atoms with E-state index in [4.69, 9.17) is 28.3 Å². The third-order valence-corrected chi connectivity index (χ3v) is 4.23. The molecule has 2 aromatic rings. The molecule has 0 aliphatic heterocycles. The van der Waals surface area contributed by atoms with Crippen LogP contribution in [0.1, 0.15) is 10.4 Å². The van der Waals surface area contributed by atoms with Crippen molar-refractivity contribution in [3.05, 3.63) is 44.9 Å². The average Bonchev–Trinajstić information content (AvgIpc) is 2.70. The van der Waals surface area contributed by atoms with Gasteiger partial charge >= 0.3 is 0 Å². The molecule has 2 rings (SSSR count). The van der Waals surface area contributed by atoms with E-state index in [2.05, 4.69) is 4.98 Å². The standard InChI is InChI=1S/C12H12Cl2N2OS/c1-16(6-8-3-2-4-9(13)5-8)12-15-11(14)10(7-17)18-12/h2-5,17H,6-7H2,1H3. The predicted octanol–water partition coefficient (Wildman–Crippen LogP) is 3.58. The molecule has 0 radical (unpaired) electrons. The number of hydrogen-bond donors (Lipinski definition) is 1. The van der Waals surface area contributed by atoms with Crippen LogP contribution in [-0.4, -0.2) is 17.1 Å². The third-order valence-electron chi connectivity index (χ3n) is 2.42. The summed E-state index contributed by atoms with van der Waals surface area (Å²) in [5.74, 6) is 0. The van der Waals surface area contributed by atoms with Crippen LogP contribution >= 0.6 is 34.5 Å². The van der Waals surface area contributed by atoms with Crippen molar-refractivity contribution in [2.45, 2.75) is 13.2 Å². The normalized spacial score (nSPS) is 10.7. The molecule has 0 saturated carbocycles. The molecule has 3 nitrogen and oxygen atoms in total. The summed E-state index contributed by atoms with van der Waals surface area (Å²) in [6.07, 6.45) is 0. The van der Waals surface area contributed by atoms with Gasteiger partial charge in [0.05, 0.1) is 11.5 Å². The molecule has 18 heavy (non-hydrogen) atoms. The minimum atomic E-state index is -0.0818. The maximum atomic E-state index is 9.09. The molecule has 0 bridgehead atoms. The first-order valence-electron chi connectivity index (χ1n) is 5.32. The molecular weight excluding hydrogens is 291 g/mol. The highest BCUT2D eigenvalue weighted by molar-refractivity contribution is 7.16. The van der Waals surface area contributed by atoms with Gasteiger partial charge in [-0.25, -0.2) is 4.98 Å². The molecule has 0 spiro atoms. The van der Waals surface area contributed by atoms with Gasteiger partial charge in [0.1, 0.15) is 5.15 Å². The van der Waals surface area contributed by atoms with Gasteiger partial charge < -0.3 is 10.0 Å². The average molecular weight is 303 g/mol. The summed E-state index contributed by atoms with van der Waals surface area (Å²) in [6, 6.07) is 7.68. The van der Waals surface area contributed by atoms with Crippen LogP contribution in [0, 0.1) is 0 Å². The van der Waals surface area contributed by atoms with Gasteiger partial charge in [0.25, 0.3) is 0 Å². The van der Waals surface area contributed by atoms with Gasteiger partial charge in [0, 0.05) is 18.6 Å². The molecule has 0 unspecified atom stereocenters. The second-order valence-corrected chi connectivity index (χ2v) is 5.71. The van der Waals surface area contributed by atoms with Crippen LogP contribution in [0.2, 0.25) is 10.2 Å². The first-order valence-corrected chi connectivity index (χ1v) is 6.89. The SMILES string of the molecule is CN(Cc1cccc(Cl)c1)c1nc(Cl)c(CO)s1. The lowest BCUT2D eigenvalue weighted by Gasteiger charge is -2.15. The lowest BCUT2D eigenvalue weighted by atomic mass is 10.2. The number of aliphatic hydroxyl groups excluding tert-OH is 1. The van der Waals surface area contributed by atoms with Gasteiger partial charge in [0.2, 0.25) is 0 Å². The zero-order valence-electron chi connectivity index (χ0n) is 9.73. The monoisotopic (exact) mass is 302 g/mol. The van der Waals surface area contributed by atoms with Crippen molar-refractivity contribution in [2.75, 3.05) is 11.9 Å². The van der Waals surface area contributed by atoms with Crippen LogP contribution in [0.15, 0.2) is 24.3 Å². The van der Waals surface area contributed by atoms with Crippen LogP contribution in [0.25, 0.3) is 0 Å². The molecule has 6 heteroatoms. The van der Waals surface area contributed by atoms with E-state index in [1.165, 1.54) is 11.3 Å². The topological polar surface area (TPSA) is 36.4 Å². The Bertz CT molecular complexity index is 545. The Kier molecular flexibility index (Phi) is 4.45. The molecule has 96 valence electrons. The summed E-state index contributed by atoms with van der Waals surface area (Å²) in [6.45, 7) is 0.608. The highest BCUT2D eigenvalue weighted by Gasteiger charge is 2.12. The van der Waals surface area contributed by atoms with Crippen molar-refractivity contribution in [2.24, 2.45) is 0 Å². The van der Waals surface area contributed by atoms with Crippen molar-refractivity contribution in [3.8, 4) is 0 Å². The van der Waals surface area contributed by atoms with E-state index in [-0.39, 0.29) is 6.61 Å². The lowest BCUT2D eigenvalue weighted by molar-refractivity contribution is 0.285. The first-order chi connectivity index (χ1) is 8.60. The molecule has 1 aromatic carbocycles. The molecule has 1 aromatic heterocycles. The summed E-state index contributed by atoms with van der Waals surface area (Å²) in [7, 11) is 1.93. The van der Waals surface area contributed by atoms with Gasteiger partial charge in [-0.3, -0.25) is 0 Å². The van der Waals surface area contributed by atoms with Gasteiger partial charge in [-0.1, -0.05) is 46.7 Å². The van der Waals surface area contributed by atoms with E-state index >= 15 is 0 Å². The number of rotatable bonds is 4. The Morgan fingerprint density at radius 3 is 2.78 bits per heavy atom. The number of aliphatic hydroxyl groups is 1. The minimum Gasteiger partial charge on any atom is -0.391 e. The third kappa shape index (κ3) is 3.14. The van der Waals surface area contributed by atoms with Crippen LogP contribution in [0.3, 0.4) is 0 Å². The summed E-state index contributed by atoms with van der Waals surface area (Å²) in [5, 5.41) is 11.0. The van der Waals surface area contributed by atoms with Crippen molar-refractivity contribution in [1.82, 2.24) is 4.98 Å². The van der Waals surface area contributed by atoms with Crippen molar-refractivity contribution in [3.63, 3.8) is 0 Å². The Morgan fingerprint density at radius 2 is 2.17 bits per heavy atom. The molecule has 0 aliphatic rings. The van der Waals surface area contributed by atoms with Crippen LogP contribution in [-0.2, 0) is 13.2 Å². The zero-order valence-corrected chi connectivity index (χ0v) is 12.1. The van der Waals surface area contributed by atoms with Crippen LogP contribution in [0.4, 0.5) is 5.13 Å². The predicted molar refractivity (Wildman–Crippen MR) is 76.6 cm³/mol. The van der Waals surface area contributed by atoms with E-state index in [1.54, 1.807) is 0 Å². The maximum absolute atomic E-state index is 9.09. The van der Waals surface area contributed by atoms with Crippen molar-refractivity contribution in [1.29, 1.82) is 0 Å². The second-order valence-electron chi connectivity index (χ2n) is 3.85. The largest absolute Gasteiger partial charge is 0.391 e. The smallest absolute Gasteiger partial charge is 0.187 e. The number of halogens is 2. The van der Waals surface area contributed by atoms with E-state index < -0.39 is 0 Å². The van der Waals surface area contributed by atoms with Gasteiger partial charge in [-0.15, -0.1) is 0 Å². The number of nitrogens with zero attached hydrogens (tertiary/aromatic N) is 2. The van der Waals surface area contributed by atoms with Crippen molar-refractivity contribution >= 4 is 39.7 Å². The number of aromatic nitrogens is 1. The highest BCUT2D eigenvalue weighted by atomic mass is 35.5. The molecule has 0 atom stereocenters. The Hall–Kier alpha value is -0.810. The molecule has 1 heterocycles. The summed E-state index contributed by atoms with van der Waals surface area (Å²) >= 11 is 13.2. The Morgan fingerprint density at radius 1 is 1.39 bits per heavy atom. The quantitative estimate of drug-likeness (QED) is 0.938. The fraction of sp³-hybridized carbons (Fsp3) is 0.250. The molecule has 0 amide bonds. The number of anilines is 1. The molecule has 0 fully saturated rings. The first kappa shape index (κ1) is 13.6. The van der Waals surface area contributed by atoms with E-state index in [9.17, 15) is 0 Å². The van der Waals surface area contributed by atoms with Gasteiger partial charge in [0.15, 0.2) is 5.13 Å². The second kappa shape index (κ2) is 5.89. The van der Waals surface area contributed by atoms with Crippen LogP contribution in [0.5, 0.6) is 0 Å². The van der Waals surface area contributed by atoms with E-state index in [1.807, 2.05) is 36.2 Å². The fourth-order valence-corrected chi connectivity index (χ4v) is 2.85. The van der Waals surface area contributed by atoms with Gasteiger partial charge in [-0.2, -0.15) is 0 Å². The molecule has 0 saturated heterocycles. The lowest BCUT2D eigenvalue weighted by Crippen LogP contribution is -2.15. The summed E-state index contributed by atoms with van der Waals surface area (Å²) in [5.41, 5.74) is 1.10. The maximum Gasteiger partial charge on any atom is 0.187 e. The Labute approximate surface area is 120 Å². The van der Waals surface area contributed by atoms with Crippen LogP contribution < -0.4 is 4.90 Å². The highest BCUT2D eigenvalue weighted by Crippen LogP contribution is 2.29. The molecule has 0 aliphatic carbocycles. The zero-order chi connectivity index (χ0) is 13.1.